The molecule has 30 heavy (non-hydrogen) atoms. The molecule has 1 aliphatic rings. The van der Waals surface area contributed by atoms with Crippen LogP contribution in [0.25, 0.3) is 0 Å². The van der Waals surface area contributed by atoms with Gasteiger partial charge in [0.25, 0.3) is 5.91 Å². The number of hydrogen-bond acceptors (Lipinski definition) is 3. The van der Waals surface area contributed by atoms with Crippen molar-refractivity contribution in [2.75, 3.05) is 4.90 Å². The molecule has 0 aromatic heterocycles. The molecular formula is C23H21FN2O3S. The van der Waals surface area contributed by atoms with Gasteiger partial charge in [-0.05, 0) is 60.9 Å². The van der Waals surface area contributed by atoms with E-state index in [1.54, 1.807) is 17.0 Å². The van der Waals surface area contributed by atoms with Crippen LogP contribution in [-0.2, 0) is 23.0 Å². The number of nitrogens with zero attached hydrogens (tertiary/aromatic N) is 1. The lowest BCUT2D eigenvalue weighted by Gasteiger charge is -2.23. The number of carbonyl (C=O) groups is 1. The first-order valence-corrected chi connectivity index (χ1v) is 11.1. The van der Waals surface area contributed by atoms with E-state index < -0.39 is 15.8 Å². The topological polar surface area (TPSA) is 66.5 Å². The zero-order valence-electron chi connectivity index (χ0n) is 16.4. The third-order valence-electron chi connectivity index (χ3n) is 5.18. The van der Waals surface area contributed by atoms with Crippen LogP contribution in [0.15, 0.2) is 77.7 Å². The van der Waals surface area contributed by atoms with Crippen LogP contribution in [-0.4, -0.2) is 20.4 Å². The molecule has 154 valence electrons. The van der Waals surface area contributed by atoms with E-state index in [-0.39, 0.29) is 23.4 Å². The monoisotopic (exact) mass is 424 g/mol. The van der Waals surface area contributed by atoms with Crippen LogP contribution in [0.3, 0.4) is 0 Å². The predicted octanol–water partition coefficient (Wildman–Crippen LogP) is 3.90. The summed E-state index contributed by atoms with van der Waals surface area (Å²) in [7, 11) is -3.85. The first-order chi connectivity index (χ1) is 14.3. The molecule has 1 N–H and O–H groups in total. The molecule has 3 aromatic rings. The van der Waals surface area contributed by atoms with Crippen LogP contribution < -0.4 is 9.62 Å². The first-order valence-electron chi connectivity index (χ1n) is 9.61. The Hall–Kier alpha value is -3.03. The highest BCUT2D eigenvalue weighted by Crippen LogP contribution is 2.34. The van der Waals surface area contributed by atoms with Gasteiger partial charge in [-0.15, -0.1) is 0 Å². The summed E-state index contributed by atoms with van der Waals surface area (Å²) in [6, 6.07) is 19.6. The van der Waals surface area contributed by atoms with E-state index in [2.05, 4.69) is 4.72 Å². The average Bonchev–Trinajstić information content (AvgIpc) is 3.07. The number of sulfonamides is 1. The molecule has 3 aromatic carbocycles. The van der Waals surface area contributed by atoms with Crippen molar-refractivity contribution in [2.45, 2.75) is 30.8 Å². The molecular weight excluding hydrogens is 403 g/mol. The molecule has 7 heteroatoms. The van der Waals surface area contributed by atoms with Gasteiger partial charge in [0.05, 0.1) is 4.90 Å². The summed E-state index contributed by atoms with van der Waals surface area (Å²) in [6.45, 7) is 2.03. The third-order valence-corrected chi connectivity index (χ3v) is 6.58. The van der Waals surface area contributed by atoms with Crippen molar-refractivity contribution in [1.29, 1.82) is 0 Å². The molecule has 4 rings (SSSR count). The van der Waals surface area contributed by atoms with Crippen molar-refractivity contribution in [3.05, 3.63) is 95.3 Å². The molecule has 0 fully saturated rings. The first kappa shape index (κ1) is 20.3. The lowest BCUT2D eigenvalue weighted by Crippen LogP contribution is -2.35. The van der Waals surface area contributed by atoms with Crippen LogP contribution in [0.2, 0.25) is 0 Å². The number of amides is 1. The van der Waals surface area contributed by atoms with Gasteiger partial charge in [0.2, 0.25) is 10.0 Å². The van der Waals surface area contributed by atoms with E-state index >= 15 is 0 Å². The molecule has 1 unspecified atom stereocenters. The minimum atomic E-state index is -3.85. The molecule has 0 bridgehead atoms. The van der Waals surface area contributed by atoms with Gasteiger partial charge in [-0.3, -0.25) is 4.79 Å². The molecule has 0 spiro atoms. The van der Waals surface area contributed by atoms with E-state index in [1.807, 2.05) is 43.3 Å². The summed E-state index contributed by atoms with van der Waals surface area (Å²) >= 11 is 0. The van der Waals surface area contributed by atoms with Gasteiger partial charge in [-0.25, -0.2) is 17.5 Å². The quantitative estimate of drug-likeness (QED) is 0.676. The van der Waals surface area contributed by atoms with Crippen molar-refractivity contribution in [3.63, 3.8) is 0 Å². The SMILES string of the molecule is CC1Cc2ccc(CNS(=O)(=O)c3cccc(F)c3)cc2N1C(=O)c1ccccc1. The Kier molecular flexibility index (Phi) is 5.40. The Morgan fingerprint density at radius 1 is 1.07 bits per heavy atom. The van der Waals surface area contributed by atoms with Gasteiger partial charge in [0.15, 0.2) is 0 Å². The second kappa shape index (κ2) is 8.01. The number of halogens is 1. The van der Waals surface area contributed by atoms with E-state index in [9.17, 15) is 17.6 Å². The average molecular weight is 424 g/mol. The van der Waals surface area contributed by atoms with Gasteiger partial charge in [0.1, 0.15) is 5.82 Å². The molecule has 0 aliphatic carbocycles. The zero-order chi connectivity index (χ0) is 21.3. The molecule has 1 aliphatic heterocycles. The van der Waals surface area contributed by atoms with Crippen molar-refractivity contribution in [3.8, 4) is 0 Å². The summed E-state index contributed by atoms with van der Waals surface area (Å²) in [5.41, 5.74) is 3.16. The van der Waals surface area contributed by atoms with E-state index in [0.717, 1.165) is 23.7 Å². The molecule has 1 heterocycles. The number of nitrogens with one attached hydrogen (secondary N) is 1. The Labute approximate surface area is 175 Å². The zero-order valence-corrected chi connectivity index (χ0v) is 17.2. The lowest BCUT2D eigenvalue weighted by atomic mass is 10.1. The molecule has 0 saturated carbocycles. The lowest BCUT2D eigenvalue weighted by molar-refractivity contribution is 0.0981. The minimum absolute atomic E-state index is 0.00643. The Bertz CT molecular complexity index is 1200. The molecule has 0 saturated heterocycles. The number of hydrogen-bond donors (Lipinski definition) is 1. The Morgan fingerprint density at radius 2 is 1.83 bits per heavy atom. The predicted molar refractivity (Wildman–Crippen MR) is 113 cm³/mol. The number of carbonyl (C=O) groups excluding carboxylic acids is 1. The summed E-state index contributed by atoms with van der Waals surface area (Å²) in [5, 5.41) is 0. The minimum Gasteiger partial charge on any atom is -0.305 e. The molecule has 1 amide bonds. The summed E-state index contributed by atoms with van der Waals surface area (Å²) in [4.78, 5) is 14.7. The number of rotatable bonds is 5. The maximum atomic E-state index is 13.4. The van der Waals surface area contributed by atoms with Crippen LogP contribution >= 0.6 is 0 Å². The fourth-order valence-electron chi connectivity index (χ4n) is 3.69. The Balaban J connectivity index is 1.57. The number of benzene rings is 3. The summed E-state index contributed by atoms with van der Waals surface area (Å²) < 4.78 is 40.8. The van der Waals surface area contributed by atoms with E-state index in [4.69, 9.17) is 0 Å². The highest BCUT2D eigenvalue weighted by atomic mass is 32.2. The van der Waals surface area contributed by atoms with Crippen LogP contribution in [0.5, 0.6) is 0 Å². The molecule has 5 nitrogen and oxygen atoms in total. The smallest absolute Gasteiger partial charge is 0.258 e. The van der Waals surface area contributed by atoms with Gasteiger partial charge >= 0.3 is 0 Å². The van der Waals surface area contributed by atoms with Crippen LogP contribution in [0.4, 0.5) is 10.1 Å². The van der Waals surface area contributed by atoms with Gasteiger partial charge < -0.3 is 4.90 Å². The normalized spacial score (nSPS) is 15.8. The van der Waals surface area contributed by atoms with Gasteiger partial charge in [-0.2, -0.15) is 0 Å². The number of fused-ring (bicyclic) bond motifs is 1. The van der Waals surface area contributed by atoms with Gasteiger partial charge in [-0.1, -0.05) is 36.4 Å². The van der Waals surface area contributed by atoms with Gasteiger partial charge in [0, 0.05) is 23.8 Å². The fourth-order valence-corrected chi connectivity index (χ4v) is 4.74. The maximum Gasteiger partial charge on any atom is 0.258 e. The summed E-state index contributed by atoms with van der Waals surface area (Å²) in [5.74, 6) is -0.696. The summed E-state index contributed by atoms with van der Waals surface area (Å²) in [6.07, 6.45) is 0.739. The van der Waals surface area contributed by atoms with E-state index in [1.165, 1.54) is 18.2 Å². The number of anilines is 1. The molecule has 1 atom stereocenters. The highest BCUT2D eigenvalue weighted by Gasteiger charge is 2.31. The Morgan fingerprint density at radius 3 is 2.57 bits per heavy atom. The fraction of sp³-hybridized carbons (Fsp3) is 0.174. The molecule has 0 radical (unpaired) electrons. The van der Waals surface area contributed by atoms with Crippen molar-refractivity contribution in [1.82, 2.24) is 4.72 Å². The standard InChI is InChI=1S/C23H21FN2O3S/c1-16-12-19-11-10-17(15-25-30(28,29)21-9-5-8-20(24)14-21)13-22(19)26(16)23(27)18-6-3-2-4-7-18/h2-11,13-14,16,25H,12,15H2,1H3. The second-order valence-electron chi connectivity index (χ2n) is 7.34. The largest absolute Gasteiger partial charge is 0.305 e. The van der Waals surface area contributed by atoms with Crippen LogP contribution in [0.1, 0.15) is 28.4 Å². The second-order valence-corrected chi connectivity index (χ2v) is 9.11. The van der Waals surface area contributed by atoms with Crippen molar-refractivity contribution >= 4 is 21.6 Å². The highest BCUT2D eigenvalue weighted by molar-refractivity contribution is 7.89. The van der Waals surface area contributed by atoms with Crippen molar-refractivity contribution < 1.29 is 17.6 Å². The van der Waals surface area contributed by atoms with Crippen molar-refractivity contribution in [2.24, 2.45) is 0 Å². The maximum absolute atomic E-state index is 13.4. The van der Waals surface area contributed by atoms with Crippen LogP contribution in [0, 0.1) is 5.82 Å². The van der Waals surface area contributed by atoms with E-state index in [0.29, 0.717) is 11.1 Å². The third kappa shape index (κ3) is 3.99.